The SMILES string of the molecule is CNCC(C)c1ccc(COC(C)COC)cc1. The Bertz CT molecular complexity index is 324. The Morgan fingerprint density at radius 3 is 2.39 bits per heavy atom. The van der Waals surface area contributed by atoms with Crippen molar-refractivity contribution in [1.82, 2.24) is 5.32 Å². The van der Waals surface area contributed by atoms with E-state index in [0.717, 1.165) is 6.54 Å². The minimum absolute atomic E-state index is 0.137. The first-order valence-corrected chi connectivity index (χ1v) is 6.51. The molecule has 1 N–H and O–H groups in total. The average molecular weight is 251 g/mol. The summed E-state index contributed by atoms with van der Waals surface area (Å²) in [6.07, 6.45) is 0.137. The Kier molecular flexibility index (Phi) is 6.94. The van der Waals surface area contributed by atoms with Crippen LogP contribution in [0.2, 0.25) is 0 Å². The molecular weight excluding hydrogens is 226 g/mol. The summed E-state index contributed by atoms with van der Waals surface area (Å²) in [5.74, 6) is 0.539. The van der Waals surface area contributed by atoms with Crippen molar-refractivity contribution in [3.8, 4) is 0 Å². The molecular formula is C15H25NO2. The number of hydrogen-bond donors (Lipinski definition) is 1. The van der Waals surface area contributed by atoms with E-state index in [-0.39, 0.29) is 6.10 Å². The van der Waals surface area contributed by atoms with Gasteiger partial charge in [-0.15, -0.1) is 0 Å². The van der Waals surface area contributed by atoms with Gasteiger partial charge in [-0.25, -0.2) is 0 Å². The predicted molar refractivity (Wildman–Crippen MR) is 74.9 cm³/mol. The van der Waals surface area contributed by atoms with Gasteiger partial charge in [-0.2, -0.15) is 0 Å². The van der Waals surface area contributed by atoms with Crippen molar-refractivity contribution in [2.45, 2.75) is 32.5 Å². The third-order valence-electron chi connectivity index (χ3n) is 2.99. The zero-order chi connectivity index (χ0) is 13.4. The van der Waals surface area contributed by atoms with Gasteiger partial charge < -0.3 is 14.8 Å². The number of nitrogens with one attached hydrogen (secondary N) is 1. The van der Waals surface area contributed by atoms with Crippen LogP contribution in [0.5, 0.6) is 0 Å². The first-order valence-electron chi connectivity index (χ1n) is 6.51. The van der Waals surface area contributed by atoms with Crippen LogP contribution >= 0.6 is 0 Å². The first-order chi connectivity index (χ1) is 8.67. The summed E-state index contributed by atoms with van der Waals surface area (Å²) in [6.45, 7) is 6.53. The topological polar surface area (TPSA) is 30.5 Å². The summed E-state index contributed by atoms with van der Waals surface area (Å²) in [6, 6.07) is 8.64. The van der Waals surface area contributed by atoms with E-state index in [0.29, 0.717) is 19.1 Å². The molecule has 18 heavy (non-hydrogen) atoms. The van der Waals surface area contributed by atoms with Crippen molar-refractivity contribution in [3.05, 3.63) is 35.4 Å². The van der Waals surface area contributed by atoms with E-state index in [4.69, 9.17) is 9.47 Å². The lowest BCUT2D eigenvalue weighted by Crippen LogP contribution is -2.15. The molecule has 1 rings (SSSR count). The summed E-state index contributed by atoms with van der Waals surface area (Å²) in [4.78, 5) is 0. The zero-order valence-corrected chi connectivity index (χ0v) is 11.9. The summed E-state index contributed by atoms with van der Waals surface area (Å²) < 4.78 is 10.7. The van der Waals surface area contributed by atoms with Gasteiger partial charge in [0, 0.05) is 13.7 Å². The lowest BCUT2D eigenvalue weighted by molar-refractivity contribution is -0.000130. The van der Waals surface area contributed by atoms with E-state index < -0.39 is 0 Å². The minimum Gasteiger partial charge on any atom is -0.382 e. The molecule has 3 nitrogen and oxygen atoms in total. The fourth-order valence-corrected chi connectivity index (χ4v) is 1.89. The van der Waals surface area contributed by atoms with Crippen molar-refractivity contribution in [1.29, 1.82) is 0 Å². The van der Waals surface area contributed by atoms with E-state index in [1.807, 2.05) is 14.0 Å². The van der Waals surface area contributed by atoms with Gasteiger partial charge in [-0.1, -0.05) is 31.2 Å². The second kappa shape index (κ2) is 8.25. The van der Waals surface area contributed by atoms with Crippen LogP contribution in [0, 0.1) is 0 Å². The largest absolute Gasteiger partial charge is 0.382 e. The lowest BCUT2D eigenvalue weighted by Gasteiger charge is -2.14. The first kappa shape index (κ1) is 15.2. The fourth-order valence-electron chi connectivity index (χ4n) is 1.89. The number of likely N-dealkylation sites (N-methyl/N-ethyl adjacent to an activating group) is 1. The van der Waals surface area contributed by atoms with Gasteiger partial charge in [0.15, 0.2) is 0 Å². The molecule has 0 aliphatic heterocycles. The Balaban J connectivity index is 2.45. The Labute approximate surface area is 110 Å². The zero-order valence-electron chi connectivity index (χ0n) is 11.9. The van der Waals surface area contributed by atoms with Gasteiger partial charge in [0.25, 0.3) is 0 Å². The maximum absolute atomic E-state index is 5.68. The molecule has 0 aliphatic rings. The van der Waals surface area contributed by atoms with E-state index in [1.165, 1.54) is 11.1 Å². The molecule has 0 radical (unpaired) electrons. The number of hydrogen-bond acceptors (Lipinski definition) is 3. The monoisotopic (exact) mass is 251 g/mol. The number of benzene rings is 1. The molecule has 2 atom stereocenters. The molecule has 0 bridgehead atoms. The van der Waals surface area contributed by atoms with Crippen LogP contribution in [0.15, 0.2) is 24.3 Å². The molecule has 0 aliphatic carbocycles. The highest BCUT2D eigenvalue weighted by Gasteiger charge is 2.05. The standard InChI is InChI=1S/C15H25NO2/c1-12(9-16-3)15-7-5-14(6-8-15)11-18-13(2)10-17-4/h5-8,12-13,16H,9-11H2,1-4H3. The van der Waals surface area contributed by atoms with Gasteiger partial charge in [-0.3, -0.25) is 0 Å². The summed E-state index contributed by atoms with van der Waals surface area (Å²) in [7, 11) is 3.67. The van der Waals surface area contributed by atoms with Crippen LogP contribution in [0.3, 0.4) is 0 Å². The third kappa shape index (κ3) is 5.17. The highest BCUT2D eigenvalue weighted by molar-refractivity contribution is 5.24. The number of rotatable bonds is 8. The van der Waals surface area contributed by atoms with Gasteiger partial charge in [0.05, 0.1) is 19.3 Å². The molecule has 1 aromatic rings. The number of methoxy groups -OCH3 is 1. The van der Waals surface area contributed by atoms with Gasteiger partial charge in [-0.05, 0) is 31.0 Å². The fraction of sp³-hybridized carbons (Fsp3) is 0.600. The second-order valence-corrected chi connectivity index (χ2v) is 4.78. The molecule has 0 spiro atoms. The van der Waals surface area contributed by atoms with Gasteiger partial charge in [0.1, 0.15) is 0 Å². The van der Waals surface area contributed by atoms with Crippen LogP contribution in [0.25, 0.3) is 0 Å². The lowest BCUT2D eigenvalue weighted by atomic mass is 10.00. The van der Waals surface area contributed by atoms with E-state index >= 15 is 0 Å². The smallest absolute Gasteiger partial charge is 0.0784 e. The highest BCUT2D eigenvalue weighted by atomic mass is 16.5. The normalized spacial score (nSPS) is 14.4. The van der Waals surface area contributed by atoms with Crippen LogP contribution < -0.4 is 5.32 Å². The van der Waals surface area contributed by atoms with Crippen molar-refractivity contribution in [3.63, 3.8) is 0 Å². The summed E-state index contributed by atoms with van der Waals surface area (Å²) >= 11 is 0. The summed E-state index contributed by atoms with van der Waals surface area (Å²) in [5.41, 5.74) is 2.57. The average Bonchev–Trinajstić information content (AvgIpc) is 2.37. The molecule has 102 valence electrons. The van der Waals surface area contributed by atoms with E-state index in [1.54, 1.807) is 7.11 Å². The number of ether oxygens (including phenoxy) is 2. The molecule has 1 aromatic carbocycles. The van der Waals surface area contributed by atoms with Crippen molar-refractivity contribution >= 4 is 0 Å². The van der Waals surface area contributed by atoms with Gasteiger partial charge >= 0.3 is 0 Å². The quantitative estimate of drug-likeness (QED) is 0.770. The molecule has 0 saturated carbocycles. The molecule has 0 fully saturated rings. The van der Waals surface area contributed by atoms with Crippen molar-refractivity contribution in [2.24, 2.45) is 0 Å². The molecule has 2 unspecified atom stereocenters. The molecule has 0 aromatic heterocycles. The summed E-state index contributed by atoms with van der Waals surface area (Å²) in [5, 5.41) is 3.20. The maximum Gasteiger partial charge on any atom is 0.0784 e. The van der Waals surface area contributed by atoms with Crippen LogP contribution in [-0.4, -0.2) is 33.4 Å². The van der Waals surface area contributed by atoms with Crippen LogP contribution in [0.4, 0.5) is 0 Å². The molecule has 3 heteroatoms. The highest BCUT2D eigenvalue weighted by Crippen LogP contribution is 2.15. The molecule has 0 saturated heterocycles. The maximum atomic E-state index is 5.68. The van der Waals surface area contributed by atoms with E-state index in [9.17, 15) is 0 Å². The van der Waals surface area contributed by atoms with Crippen molar-refractivity contribution in [2.75, 3.05) is 27.3 Å². The van der Waals surface area contributed by atoms with E-state index in [2.05, 4.69) is 36.5 Å². The van der Waals surface area contributed by atoms with Crippen LogP contribution in [0.1, 0.15) is 30.9 Å². The Morgan fingerprint density at radius 2 is 1.83 bits per heavy atom. The van der Waals surface area contributed by atoms with Gasteiger partial charge in [0.2, 0.25) is 0 Å². The van der Waals surface area contributed by atoms with Crippen molar-refractivity contribution < 1.29 is 9.47 Å². The minimum atomic E-state index is 0.137. The molecule has 0 amide bonds. The molecule has 0 heterocycles. The van der Waals surface area contributed by atoms with Crippen LogP contribution in [-0.2, 0) is 16.1 Å². The Morgan fingerprint density at radius 1 is 1.17 bits per heavy atom. The Hall–Kier alpha value is -0.900. The predicted octanol–water partition coefficient (Wildman–Crippen LogP) is 2.56. The second-order valence-electron chi connectivity index (χ2n) is 4.78. The third-order valence-corrected chi connectivity index (χ3v) is 2.99.